The summed E-state index contributed by atoms with van der Waals surface area (Å²) in [6.07, 6.45) is 1.28. The number of para-hydroxylation sites is 1. The van der Waals surface area contributed by atoms with Crippen molar-refractivity contribution in [3.8, 4) is 0 Å². The Morgan fingerprint density at radius 2 is 1.58 bits per heavy atom. The van der Waals surface area contributed by atoms with Gasteiger partial charge in [0.15, 0.2) is 0 Å². The Morgan fingerprint density at radius 1 is 0.889 bits per heavy atom. The zero-order valence-electron chi connectivity index (χ0n) is 20.3. The van der Waals surface area contributed by atoms with Gasteiger partial charge in [0.05, 0.1) is 15.8 Å². The molecule has 0 saturated carbocycles. The SMILES string of the molecule is Cc1ccc(S(=O)(=O)N(CCCCCC(=O)O)C(=O)c2cccc3c2cc2ccccc2[n+]3C)cc1. The molecule has 4 aromatic rings. The minimum Gasteiger partial charge on any atom is -0.481 e. The topological polar surface area (TPSA) is 95.6 Å². The van der Waals surface area contributed by atoms with E-state index in [1.165, 1.54) is 12.1 Å². The van der Waals surface area contributed by atoms with E-state index < -0.39 is 21.9 Å². The average Bonchev–Trinajstić information content (AvgIpc) is 2.85. The van der Waals surface area contributed by atoms with Gasteiger partial charge in [-0.3, -0.25) is 9.59 Å². The van der Waals surface area contributed by atoms with Gasteiger partial charge in [0.2, 0.25) is 11.0 Å². The smallest absolute Gasteiger partial charge is 0.303 e. The molecule has 7 nitrogen and oxygen atoms in total. The maximum absolute atomic E-state index is 13.9. The lowest BCUT2D eigenvalue weighted by molar-refractivity contribution is -0.617. The number of carbonyl (C=O) groups excluding carboxylic acids is 1. The van der Waals surface area contributed by atoms with E-state index >= 15 is 0 Å². The van der Waals surface area contributed by atoms with Crippen LogP contribution < -0.4 is 4.57 Å². The molecule has 0 spiro atoms. The molecule has 0 aliphatic carbocycles. The molecule has 1 N–H and O–H groups in total. The molecule has 1 amide bonds. The van der Waals surface area contributed by atoms with E-state index in [0.29, 0.717) is 30.2 Å². The highest BCUT2D eigenvalue weighted by molar-refractivity contribution is 7.89. The number of hydrogen-bond donors (Lipinski definition) is 1. The van der Waals surface area contributed by atoms with Crippen LogP contribution in [0.25, 0.3) is 21.8 Å². The molecule has 3 aromatic carbocycles. The van der Waals surface area contributed by atoms with Gasteiger partial charge in [0.1, 0.15) is 7.05 Å². The van der Waals surface area contributed by atoms with E-state index in [2.05, 4.69) is 0 Å². The summed E-state index contributed by atoms with van der Waals surface area (Å²) in [6, 6.07) is 21.5. The Morgan fingerprint density at radius 3 is 2.31 bits per heavy atom. The summed E-state index contributed by atoms with van der Waals surface area (Å²) in [6.45, 7) is 1.83. The molecule has 0 fully saturated rings. The monoisotopic (exact) mass is 505 g/mol. The third kappa shape index (κ3) is 5.09. The van der Waals surface area contributed by atoms with Crippen molar-refractivity contribution in [1.29, 1.82) is 0 Å². The number of fused-ring (bicyclic) bond motifs is 2. The van der Waals surface area contributed by atoms with Gasteiger partial charge >= 0.3 is 5.97 Å². The van der Waals surface area contributed by atoms with Crippen molar-refractivity contribution in [2.45, 2.75) is 37.5 Å². The standard InChI is InChI=1S/C28H28N2O5S/c1-20-14-16-22(17-15-20)36(34,35)30(18-7-3-4-13-27(31)32)28(33)23-10-8-12-26-24(23)19-21-9-5-6-11-25(21)29(26)2/h5-6,8-12,14-17,19H,3-4,7,13,18H2,1-2H3/p+1. The number of aromatic nitrogens is 1. The Balaban J connectivity index is 1.77. The lowest BCUT2D eigenvalue weighted by atomic mass is 10.0. The molecule has 0 atom stereocenters. The Kier molecular flexibility index (Phi) is 7.35. The van der Waals surface area contributed by atoms with Gasteiger partial charge in [0, 0.05) is 30.5 Å². The van der Waals surface area contributed by atoms with E-state index in [4.69, 9.17) is 5.11 Å². The van der Waals surface area contributed by atoms with Crippen LogP contribution in [0.1, 0.15) is 41.6 Å². The fourth-order valence-corrected chi connectivity index (χ4v) is 5.82. The molecule has 0 unspecified atom stereocenters. The molecular formula is C28H29N2O5S+. The van der Waals surface area contributed by atoms with E-state index in [1.54, 1.807) is 24.3 Å². The maximum atomic E-state index is 13.9. The van der Waals surface area contributed by atoms with Crippen LogP contribution >= 0.6 is 0 Å². The maximum Gasteiger partial charge on any atom is 0.303 e. The number of carboxylic acids is 1. The van der Waals surface area contributed by atoms with Crippen molar-refractivity contribution < 1.29 is 27.7 Å². The number of aliphatic carboxylic acids is 1. The van der Waals surface area contributed by atoms with Crippen LogP contribution in [-0.2, 0) is 21.9 Å². The molecule has 0 aliphatic rings. The summed E-state index contributed by atoms with van der Waals surface area (Å²) in [4.78, 5) is 24.8. The summed E-state index contributed by atoms with van der Waals surface area (Å²) in [5.41, 5.74) is 3.02. The van der Waals surface area contributed by atoms with Crippen LogP contribution in [0.2, 0.25) is 0 Å². The lowest BCUT2D eigenvalue weighted by Crippen LogP contribution is -2.38. The predicted octanol–water partition coefficient (Wildman–Crippen LogP) is 4.60. The van der Waals surface area contributed by atoms with E-state index in [-0.39, 0.29) is 17.9 Å². The number of hydrogen-bond acceptors (Lipinski definition) is 4. The number of rotatable bonds is 9. The molecular weight excluding hydrogens is 476 g/mol. The molecule has 186 valence electrons. The number of pyridine rings is 1. The largest absolute Gasteiger partial charge is 0.481 e. The lowest BCUT2D eigenvalue weighted by Gasteiger charge is -2.23. The predicted molar refractivity (Wildman–Crippen MR) is 138 cm³/mol. The molecule has 1 aromatic heterocycles. The van der Waals surface area contributed by atoms with Gasteiger partial charge in [-0.15, -0.1) is 0 Å². The van der Waals surface area contributed by atoms with Gasteiger partial charge in [-0.25, -0.2) is 12.7 Å². The highest BCUT2D eigenvalue weighted by Crippen LogP contribution is 2.26. The number of amides is 1. The number of sulfonamides is 1. The van der Waals surface area contributed by atoms with Crippen LogP contribution in [0.5, 0.6) is 0 Å². The molecule has 8 heteroatoms. The van der Waals surface area contributed by atoms with Gasteiger partial charge in [-0.2, -0.15) is 4.57 Å². The Hall–Kier alpha value is -3.78. The number of nitrogens with zero attached hydrogens (tertiary/aromatic N) is 2. The number of aryl methyl sites for hydroxylation is 2. The highest BCUT2D eigenvalue weighted by atomic mass is 32.2. The van der Waals surface area contributed by atoms with Crippen molar-refractivity contribution >= 4 is 43.7 Å². The summed E-state index contributed by atoms with van der Waals surface area (Å²) >= 11 is 0. The van der Waals surface area contributed by atoms with Gasteiger partial charge in [-0.05, 0) is 50.1 Å². The Bertz CT molecular complexity index is 1550. The van der Waals surface area contributed by atoms with E-state index in [9.17, 15) is 18.0 Å². The van der Waals surface area contributed by atoms with Crippen LogP contribution in [0, 0.1) is 6.92 Å². The first-order valence-electron chi connectivity index (χ1n) is 11.9. The zero-order valence-corrected chi connectivity index (χ0v) is 21.2. The minimum absolute atomic E-state index is 0.00551. The number of carboxylic acid groups (broad SMARTS) is 1. The van der Waals surface area contributed by atoms with Crippen molar-refractivity contribution in [2.24, 2.45) is 7.05 Å². The van der Waals surface area contributed by atoms with Crippen LogP contribution in [0.4, 0.5) is 0 Å². The molecule has 0 aliphatic heterocycles. The molecule has 1 heterocycles. The molecule has 0 saturated heterocycles. The molecule has 0 bridgehead atoms. The fraction of sp³-hybridized carbons (Fsp3) is 0.250. The molecule has 36 heavy (non-hydrogen) atoms. The second kappa shape index (κ2) is 10.5. The molecule has 4 rings (SSSR count). The number of carbonyl (C=O) groups is 2. The zero-order chi connectivity index (χ0) is 25.9. The van der Waals surface area contributed by atoms with Crippen molar-refractivity contribution in [3.05, 3.63) is 83.9 Å². The summed E-state index contributed by atoms with van der Waals surface area (Å²) < 4.78 is 30.2. The van der Waals surface area contributed by atoms with Crippen molar-refractivity contribution in [3.63, 3.8) is 0 Å². The third-order valence-corrected chi connectivity index (χ3v) is 8.16. The Labute approximate surface area is 210 Å². The highest BCUT2D eigenvalue weighted by Gasteiger charge is 2.31. The van der Waals surface area contributed by atoms with Gasteiger partial charge < -0.3 is 5.11 Å². The number of unbranched alkanes of at least 4 members (excludes halogenated alkanes) is 2. The van der Waals surface area contributed by atoms with Crippen molar-refractivity contribution in [1.82, 2.24) is 4.31 Å². The summed E-state index contributed by atoms with van der Waals surface area (Å²) in [7, 11) is -2.21. The van der Waals surface area contributed by atoms with E-state index in [1.807, 2.05) is 54.9 Å². The second-order valence-corrected chi connectivity index (χ2v) is 10.8. The second-order valence-electron chi connectivity index (χ2n) is 8.90. The first kappa shape index (κ1) is 25.3. The summed E-state index contributed by atoms with van der Waals surface area (Å²) in [5, 5.41) is 10.5. The van der Waals surface area contributed by atoms with Crippen molar-refractivity contribution in [2.75, 3.05) is 6.54 Å². The van der Waals surface area contributed by atoms with Crippen LogP contribution in [0.3, 0.4) is 0 Å². The number of benzene rings is 3. The fourth-order valence-electron chi connectivity index (χ4n) is 4.40. The van der Waals surface area contributed by atoms with Crippen LogP contribution in [0.15, 0.2) is 77.7 Å². The molecule has 0 radical (unpaired) electrons. The third-order valence-electron chi connectivity index (χ3n) is 6.36. The van der Waals surface area contributed by atoms with Gasteiger partial charge in [-0.1, -0.05) is 42.3 Å². The van der Waals surface area contributed by atoms with Gasteiger partial charge in [0.25, 0.3) is 15.9 Å². The first-order valence-corrected chi connectivity index (χ1v) is 13.3. The minimum atomic E-state index is -4.13. The van der Waals surface area contributed by atoms with E-state index in [0.717, 1.165) is 26.3 Å². The normalized spacial score (nSPS) is 11.6. The average molecular weight is 506 g/mol. The summed E-state index contributed by atoms with van der Waals surface area (Å²) in [5.74, 6) is -1.50. The quantitative estimate of drug-likeness (QED) is 0.204. The van der Waals surface area contributed by atoms with Crippen LogP contribution in [-0.4, -0.2) is 36.3 Å². The first-order chi connectivity index (χ1) is 17.2.